The van der Waals surface area contributed by atoms with Gasteiger partial charge in [-0.3, -0.25) is 14.4 Å². The molecule has 0 aliphatic carbocycles. The molecule has 0 spiro atoms. The number of hydrogen-bond donors (Lipinski definition) is 0. The molecular weight excluding hydrogens is 793 g/mol. The minimum Gasteiger partial charge on any atom is -0.462 e. The Balaban J connectivity index is 4.27. The monoisotopic (exact) mass is 887 g/mol. The van der Waals surface area contributed by atoms with Crippen LogP contribution in [-0.2, 0) is 28.6 Å². The quantitative estimate of drug-likeness (QED) is 0.0262. The van der Waals surface area contributed by atoms with Crippen LogP contribution in [0.4, 0.5) is 0 Å². The number of ether oxygens (including phenoxy) is 3. The molecule has 0 saturated heterocycles. The predicted molar refractivity (Wildman–Crippen MR) is 274 cm³/mol. The van der Waals surface area contributed by atoms with E-state index in [4.69, 9.17) is 14.2 Å². The van der Waals surface area contributed by atoms with E-state index in [1.54, 1.807) is 0 Å². The van der Waals surface area contributed by atoms with Crippen LogP contribution in [0.25, 0.3) is 0 Å². The SMILES string of the molecule is CC/C=C\C/C=C\C/C=C\C/C=C\C/C=C\C/C=C\C/C=C\CCCCCC(=O)OCC(COC(=O)CCCCCCC)OC(=O)CCCCCCC/C=C\C/C=C\CCCCCC. The summed E-state index contributed by atoms with van der Waals surface area (Å²) in [5.41, 5.74) is 0. The Bertz CT molecular complexity index is 1340. The van der Waals surface area contributed by atoms with Crippen molar-refractivity contribution in [2.75, 3.05) is 13.2 Å². The lowest BCUT2D eigenvalue weighted by Crippen LogP contribution is -2.30. The molecule has 0 rings (SSSR count). The standard InChI is InChI=1S/C58H94O6/c1-4-7-10-13-15-17-19-21-23-25-26-27-28-29-30-31-32-33-35-36-38-40-42-45-48-51-57(60)63-54-55(53-62-56(59)50-47-44-12-9-6-3)64-58(61)52-49-46-43-41-39-37-34-24-22-20-18-16-14-11-8-5-2/h7,10,15,17-18,20-21,23-24,26-27,29-30,32-34,36,38,55H,4-6,8-9,11-14,16,19,22,25,28,31,35,37,39-54H2,1-3H3/b10-7-,17-15-,20-18-,23-21-,27-26-,30-29-,33-32-,34-24-,38-36-. The Morgan fingerprint density at radius 2 is 0.609 bits per heavy atom. The molecule has 362 valence electrons. The molecule has 6 nitrogen and oxygen atoms in total. The van der Waals surface area contributed by atoms with Crippen LogP contribution in [0.3, 0.4) is 0 Å². The van der Waals surface area contributed by atoms with Crippen molar-refractivity contribution in [3.63, 3.8) is 0 Å². The topological polar surface area (TPSA) is 78.9 Å². The highest BCUT2D eigenvalue weighted by atomic mass is 16.6. The van der Waals surface area contributed by atoms with Gasteiger partial charge in [-0.2, -0.15) is 0 Å². The van der Waals surface area contributed by atoms with Gasteiger partial charge in [0, 0.05) is 19.3 Å². The molecule has 0 aromatic carbocycles. The molecule has 1 unspecified atom stereocenters. The van der Waals surface area contributed by atoms with Gasteiger partial charge in [-0.15, -0.1) is 0 Å². The van der Waals surface area contributed by atoms with Gasteiger partial charge < -0.3 is 14.2 Å². The van der Waals surface area contributed by atoms with Crippen molar-refractivity contribution in [1.82, 2.24) is 0 Å². The van der Waals surface area contributed by atoms with Gasteiger partial charge in [0.05, 0.1) is 0 Å². The zero-order valence-electron chi connectivity index (χ0n) is 41.3. The van der Waals surface area contributed by atoms with Gasteiger partial charge in [0.15, 0.2) is 6.10 Å². The molecular formula is C58H94O6. The molecule has 0 aromatic rings. The first-order chi connectivity index (χ1) is 31.5. The van der Waals surface area contributed by atoms with E-state index in [0.717, 1.165) is 148 Å². The first kappa shape index (κ1) is 60.1. The Kier molecular flexibility index (Phi) is 48.5. The lowest BCUT2D eigenvalue weighted by atomic mass is 10.1. The van der Waals surface area contributed by atoms with Crippen LogP contribution in [0.1, 0.15) is 220 Å². The Morgan fingerprint density at radius 1 is 0.328 bits per heavy atom. The lowest BCUT2D eigenvalue weighted by molar-refractivity contribution is -0.167. The summed E-state index contributed by atoms with van der Waals surface area (Å²) < 4.78 is 16.6. The maximum atomic E-state index is 12.7. The van der Waals surface area contributed by atoms with Crippen molar-refractivity contribution in [1.29, 1.82) is 0 Å². The van der Waals surface area contributed by atoms with Gasteiger partial charge in [-0.1, -0.05) is 201 Å². The Morgan fingerprint density at radius 3 is 0.984 bits per heavy atom. The highest BCUT2D eigenvalue weighted by Crippen LogP contribution is 2.12. The summed E-state index contributed by atoms with van der Waals surface area (Å²) in [4.78, 5) is 37.7. The predicted octanol–water partition coefficient (Wildman–Crippen LogP) is 17.1. The molecule has 0 aliphatic heterocycles. The van der Waals surface area contributed by atoms with Crippen LogP contribution in [-0.4, -0.2) is 37.2 Å². The summed E-state index contributed by atoms with van der Waals surface area (Å²) in [6, 6.07) is 0. The van der Waals surface area contributed by atoms with Crippen molar-refractivity contribution in [3.05, 3.63) is 109 Å². The fraction of sp³-hybridized carbons (Fsp3) is 0.638. The third-order valence-corrected chi connectivity index (χ3v) is 10.5. The van der Waals surface area contributed by atoms with E-state index in [1.807, 2.05) is 0 Å². The molecule has 0 aliphatic rings. The van der Waals surface area contributed by atoms with E-state index >= 15 is 0 Å². The smallest absolute Gasteiger partial charge is 0.306 e. The summed E-state index contributed by atoms with van der Waals surface area (Å²) in [6.45, 7) is 6.36. The number of carbonyl (C=O) groups is 3. The average Bonchev–Trinajstić information content (AvgIpc) is 3.29. The number of unbranched alkanes of at least 4 members (excludes halogenated alkanes) is 16. The van der Waals surface area contributed by atoms with Crippen LogP contribution in [0.15, 0.2) is 109 Å². The fourth-order valence-electron chi connectivity index (χ4n) is 6.63. The van der Waals surface area contributed by atoms with Gasteiger partial charge in [0.2, 0.25) is 0 Å². The second kappa shape index (κ2) is 51.7. The van der Waals surface area contributed by atoms with E-state index in [2.05, 4.69) is 130 Å². The van der Waals surface area contributed by atoms with E-state index in [1.165, 1.54) is 32.1 Å². The van der Waals surface area contributed by atoms with Gasteiger partial charge in [0.1, 0.15) is 13.2 Å². The van der Waals surface area contributed by atoms with Crippen molar-refractivity contribution in [3.8, 4) is 0 Å². The minimum atomic E-state index is -0.797. The maximum absolute atomic E-state index is 12.7. The Hall–Kier alpha value is -3.93. The Labute approximate surface area is 393 Å². The van der Waals surface area contributed by atoms with Crippen LogP contribution >= 0.6 is 0 Å². The molecule has 6 heteroatoms. The second-order valence-electron chi connectivity index (χ2n) is 16.7. The zero-order valence-corrected chi connectivity index (χ0v) is 41.3. The summed E-state index contributed by atoms with van der Waals surface area (Å²) in [7, 11) is 0. The van der Waals surface area contributed by atoms with E-state index < -0.39 is 6.10 Å². The fourth-order valence-corrected chi connectivity index (χ4v) is 6.63. The van der Waals surface area contributed by atoms with Crippen LogP contribution < -0.4 is 0 Å². The van der Waals surface area contributed by atoms with Crippen molar-refractivity contribution in [2.45, 2.75) is 226 Å². The number of hydrogen-bond acceptors (Lipinski definition) is 6. The van der Waals surface area contributed by atoms with Gasteiger partial charge >= 0.3 is 17.9 Å². The average molecular weight is 887 g/mol. The summed E-state index contributed by atoms with van der Waals surface area (Å²) in [6.07, 6.45) is 69.7. The van der Waals surface area contributed by atoms with Crippen LogP contribution in [0.2, 0.25) is 0 Å². The highest BCUT2D eigenvalue weighted by Gasteiger charge is 2.19. The molecule has 0 amide bonds. The van der Waals surface area contributed by atoms with E-state index in [9.17, 15) is 14.4 Å². The minimum absolute atomic E-state index is 0.0972. The van der Waals surface area contributed by atoms with Crippen LogP contribution in [0.5, 0.6) is 0 Å². The molecule has 0 saturated carbocycles. The summed E-state index contributed by atoms with van der Waals surface area (Å²) >= 11 is 0. The third-order valence-electron chi connectivity index (χ3n) is 10.5. The van der Waals surface area contributed by atoms with Crippen molar-refractivity contribution in [2.24, 2.45) is 0 Å². The summed E-state index contributed by atoms with van der Waals surface area (Å²) in [5.74, 6) is -0.966. The first-order valence-corrected chi connectivity index (χ1v) is 25.9. The molecule has 64 heavy (non-hydrogen) atoms. The summed E-state index contributed by atoms with van der Waals surface area (Å²) in [5, 5.41) is 0. The normalized spacial score (nSPS) is 13.0. The van der Waals surface area contributed by atoms with Crippen LogP contribution in [0, 0.1) is 0 Å². The van der Waals surface area contributed by atoms with Gasteiger partial charge in [-0.25, -0.2) is 0 Å². The van der Waals surface area contributed by atoms with Crippen molar-refractivity contribution >= 4 is 17.9 Å². The maximum Gasteiger partial charge on any atom is 0.306 e. The third kappa shape index (κ3) is 49.1. The van der Waals surface area contributed by atoms with E-state index in [0.29, 0.717) is 19.3 Å². The molecule has 1 atom stereocenters. The molecule has 0 fully saturated rings. The number of allylic oxidation sites excluding steroid dienone is 18. The second-order valence-corrected chi connectivity index (χ2v) is 16.7. The molecule has 0 heterocycles. The number of carbonyl (C=O) groups excluding carboxylic acids is 3. The largest absolute Gasteiger partial charge is 0.462 e. The number of esters is 3. The van der Waals surface area contributed by atoms with Gasteiger partial charge in [0.25, 0.3) is 0 Å². The zero-order chi connectivity index (χ0) is 46.5. The molecule has 0 N–H and O–H groups in total. The number of rotatable bonds is 45. The first-order valence-electron chi connectivity index (χ1n) is 25.9. The molecule has 0 aromatic heterocycles. The molecule has 0 radical (unpaired) electrons. The molecule has 0 bridgehead atoms. The highest BCUT2D eigenvalue weighted by molar-refractivity contribution is 5.71. The van der Waals surface area contributed by atoms with E-state index in [-0.39, 0.29) is 31.1 Å². The lowest BCUT2D eigenvalue weighted by Gasteiger charge is -2.18. The van der Waals surface area contributed by atoms with Crippen molar-refractivity contribution < 1.29 is 28.6 Å². The van der Waals surface area contributed by atoms with Gasteiger partial charge in [-0.05, 0) is 109 Å².